The van der Waals surface area contributed by atoms with Crippen molar-refractivity contribution in [3.63, 3.8) is 0 Å². The summed E-state index contributed by atoms with van der Waals surface area (Å²) in [6.07, 6.45) is 7.25. The van der Waals surface area contributed by atoms with Gasteiger partial charge in [-0.05, 0) is 25.0 Å². The highest BCUT2D eigenvalue weighted by Gasteiger charge is 1.94. The topological polar surface area (TPSA) is 12.4 Å². The number of rotatable bonds is 1. The molecular weight excluding hydrogens is 202 g/mol. The van der Waals surface area contributed by atoms with Crippen molar-refractivity contribution in [3.8, 4) is 0 Å². The van der Waals surface area contributed by atoms with E-state index >= 15 is 0 Å². The standard InChI is InChI=1S/C9H12BrN/c1-8-2-4-11-5-3-9(6-8)7-10/h3,5-6H,2,4,7H2,1H3/b8-6-,9-3+,11-5?. The van der Waals surface area contributed by atoms with Gasteiger partial charge in [-0.2, -0.15) is 0 Å². The van der Waals surface area contributed by atoms with Gasteiger partial charge in [-0.15, -0.1) is 0 Å². The van der Waals surface area contributed by atoms with E-state index in [9.17, 15) is 0 Å². The van der Waals surface area contributed by atoms with Crippen LogP contribution in [0.1, 0.15) is 13.3 Å². The van der Waals surface area contributed by atoms with Gasteiger partial charge in [-0.25, -0.2) is 0 Å². The molecule has 1 rings (SSSR count). The fraction of sp³-hybridized carbons (Fsp3) is 0.444. The van der Waals surface area contributed by atoms with Gasteiger partial charge in [-0.3, -0.25) is 4.99 Å². The van der Waals surface area contributed by atoms with Crippen molar-refractivity contribution in [2.24, 2.45) is 4.99 Å². The first kappa shape index (κ1) is 8.72. The maximum atomic E-state index is 4.22. The Labute approximate surface area is 76.0 Å². The van der Waals surface area contributed by atoms with Gasteiger partial charge in [0, 0.05) is 18.1 Å². The van der Waals surface area contributed by atoms with Crippen LogP contribution >= 0.6 is 15.9 Å². The number of hydrogen-bond donors (Lipinski definition) is 0. The summed E-state index contributed by atoms with van der Waals surface area (Å²) in [6, 6.07) is 0. The van der Waals surface area contributed by atoms with Gasteiger partial charge in [0.2, 0.25) is 0 Å². The molecule has 1 heterocycles. The van der Waals surface area contributed by atoms with Crippen molar-refractivity contribution >= 4 is 22.1 Å². The van der Waals surface area contributed by atoms with Crippen molar-refractivity contribution in [2.45, 2.75) is 13.3 Å². The molecule has 0 aromatic heterocycles. The minimum atomic E-state index is 0.913. The van der Waals surface area contributed by atoms with Gasteiger partial charge in [0.25, 0.3) is 0 Å². The highest BCUT2D eigenvalue weighted by Crippen LogP contribution is 2.09. The van der Waals surface area contributed by atoms with Crippen molar-refractivity contribution in [2.75, 3.05) is 11.9 Å². The van der Waals surface area contributed by atoms with Crippen molar-refractivity contribution < 1.29 is 0 Å². The smallest absolute Gasteiger partial charge is 0.0426 e. The minimum absolute atomic E-state index is 0.913. The van der Waals surface area contributed by atoms with Crippen LogP contribution < -0.4 is 0 Å². The summed E-state index contributed by atoms with van der Waals surface area (Å²) >= 11 is 3.42. The van der Waals surface area contributed by atoms with E-state index in [4.69, 9.17) is 0 Å². The highest BCUT2D eigenvalue weighted by molar-refractivity contribution is 9.09. The lowest BCUT2D eigenvalue weighted by Gasteiger charge is -2.02. The third kappa shape index (κ3) is 3.02. The quantitative estimate of drug-likeness (QED) is 0.595. The van der Waals surface area contributed by atoms with Crippen LogP contribution in [0.15, 0.2) is 28.3 Å². The van der Waals surface area contributed by atoms with Gasteiger partial charge >= 0.3 is 0 Å². The number of aliphatic imine (C=N–C) groups is 1. The fourth-order valence-corrected chi connectivity index (χ4v) is 1.33. The van der Waals surface area contributed by atoms with E-state index in [0.717, 1.165) is 18.3 Å². The molecule has 2 heteroatoms. The van der Waals surface area contributed by atoms with Crippen LogP contribution in [-0.4, -0.2) is 18.1 Å². The lowest BCUT2D eigenvalue weighted by Crippen LogP contribution is -1.91. The van der Waals surface area contributed by atoms with Crippen molar-refractivity contribution in [1.29, 1.82) is 0 Å². The molecular formula is C9H12BrN. The van der Waals surface area contributed by atoms with Crippen LogP contribution in [0.2, 0.25) is 0 Å². The molecule has 0 spiro atoms. The molecule has 60 valence electrons. The Morgan fingerprint density at radius 3 is 3.18 bits per heavy atom. The van der Waals surface area contributed by atoms with Crippen LogP contribution in [0.25, 0.3) is 0 Å². The third-order valence-corrected chi connectivity index (χ3v) is 2.26. The fourth-order valence-electron chi connectivity index (χ4n) is 0.984. The first-order valence-corrected chi connectivity index (χ1v) is 4.87. The Kier molecular flexibility index (Phi) is 3.57. The van der Waals surface area contributed by atoms with Crippen LogP contribution in [0.3, 0.4) is 0 Å². The molecule has 0 radical (unpaired) electrons. The highest BCUT2D eigenvalue weighted by atomic mass is 79.9. The molecule has 0 N–H and O–H groups in total. The number of nitrogens with zero attached hydrogens (tertiary/aromatic N) is 1. The molecule has 0 fully saturated rings. The molecule has 11 heavy (non-hydrogen) atoms. The van der Waals surface area contributed by atoms with E-state index < -0.39 is 0 Å². The first-order chi connectivity index (χ1) is 5.33. The molecule has 1 aliphatic rings. The van der Waals surface area contributed by atoms with E-state index in [1.165, 1.54) is 11.1 Å². The van der Waals surface area contributed by atoms with Crippen LogP contribution in [0, 0.1) is 0 Å². The molecule has 1 aliphatic heterocycles. The summed E-state index contributed by atoms with van der Waals surface area (Å²) in [5.41, 5.74) is 2.71. The van der Waals surface area contributed by atoms with Gasteiger partial charge < -0.3 is 0 Å². The summed E-state index contributed by atoms with van der Waals surface area (Å²) in [4.78, 5) is 4.22. The van der Waals surface area contributed by atoms with Crippen molar-refractivity contribution in [1.82, 2.24) is 0 Å². The third-order valence-electron chi connectivity index (χ3n) is 1.62. The molecule has 0 unspecified atom stereocenters. The van der Waals surface area contributed by atoms with E-state index in [-0.39, 0.29) is 0 Å². The first-order valence-electron chi connectivity index (χ1n) is 3.75. The van der Waals surface area contributed by atoms with Crippen LogP contribution in [0.4, 0.5) is 0 Å². The molecule has 0 aromatic carbocycles. The Morgan fingerprint density at radius 2 is 2.45 bits per heavy atom. The zero-order valence-electron chi connectivity index (χ0n) is 6.68. The zero-order chi connectivity index (χ0) is 8.10. The van der Waals surface area contributed by atoms with Crippen LogP contribution in [-0.2, 0) is 0 Å². The summed E-state index contributed by atoms with van der Waals surface area (Å²) in [5.74, 6) is 0. The average molecular weight is 214 g/mol. The number of allylic oxidation sites excluding steroid dienone is 3. The summed E-state index contributed by atoms with van der Waals surface area (Å²) in [7, 11) is 0. The second-order valence-electron chi connectivity index (χ2n) is 2.67. The lowest BCUT2D eigenvalue weighted by atomic mass is 10.1. The number of halogens is 1. The molecule has 0 atom stereocenters. The van der Waals surface area contributed by atoms with E-state index in [0.29, 0.717) is 0 Å². The normalized spacial score (nSPS) is 27.8. The van der Waals surface area contributed by atoms with Gasteiger partial charge in [0.05, 0.1) is 0 Å². The average Bonchev–Trinajstić information content (AvgIpc) is 1.96. The Balaban J connectivity index is 2.77. The van der Waals surface area contributed by atoms with E-state index in [1.54, 1.807) is 0 Å². The Hall–Kier alpha value is -0.370. The largest absolute Gasteiger partial charge is 0.293 e. The van der Waals surface area contributed by atoms with E-state index in [2.05, 4.69) is 40.0 Å². The maximum Gasteiger partial charge on any atom is 0.0426 e. The minimum Gasteiger partial charge on any atom is -0.293 e. The molecule has 0 amide bonds. The number of hydrogen-bond acceptors (Lipinski definition) is 1. The number of alkyl halides is 1. The monoisotopic (exact) mass is 213 g/mol. The molecule has 0 saturated heterocycles. The van der Waals surface area contributed by atoms with Crippen LogP contribution in [0.5, 0.6) is 0 Å². The summed E-state index contributed by atoms with van der Waals surface area (Å²) < 4.78 is 0. The van der Waals surface area contributed by atoms with E-state index in [1.807, 2.05) is 6.21 Å². The second kappa shape index (κ2) is 4.50. The molecule has 0 saturated carbocycles. The molecule has 1 nitrogen and oxygen atoms in total. The molecule has 0 bridgehead atoms. The van der Waals surface area contributed by atoms with Gasteiger partial charge in [0.1, 0.15) is 0 Å². The van der Waals surface area contributed by atoms with Crippen molar-refractivity contribution in [3.05, 3.63) is 23.3 Å². The second-order valence-corrected chi connectivity index (χ2v) is 3.23. The summed E-state index contributed by atoms with van der Waals surface area (Å²) in [6.45, 7) is 3.08. The maximum absolute atomic E-state index is 4.22. The predicted octanol–water partition coefficient (Wildman–Crippen LogP) is 2.73. The predicted molar refractivity (Wildman–Crippen MR) is 53.6 cm³/mol. The molecule has 0 aromatic rings. The Bertz CT molecular complexity index is 211. The SMILES string of the molecule is C/C1=C/C(CBr)=C\C=NCC1. The zero-order valence-corrected chi connectivity index (χ0v) is 8.26. The van der Waals surface area contributed by atoms with Gasteiger partial charge in [0.15, 0.2) is 0 Å². The Morgan fingerprint density at radius 1 is 1.64 bits per heavy atom. The molecule has 0 aliphatic carbocycles. The van der Waals surface area contributed by atoms with Gasteiger partial charge in [-0.1, -0.05) is 27.6 Å². The lowest BCUT2D eigenvalue weighted by molar-refractivity contribution is 0.950. The summed E-state index contributed by atoms with van der Waals surface area (Å²) in [5, 5.41) is 0.913.